The Morgan fingerprint density at radius 1 is 1.41 bits per heavy atom. The smallest absolute Gasteiger partial charge is 0.313 e. The van der Waals surface area contributed by atoms with E-state index in [2.05, 4.69) is 37.2 Å². The molecule has 98 valence electrons. The second kappa shape index (κ2) is 6.54. The molecule has 0 aromatic carbocycles. The van der Waals surface area contributed by atoms with Crippen LogP contribution in [-0.2, 0) is 0 Å². The van der Waals surface area contributed by atoms with Gasteiger partial charge in [-0.25, -0.2) is 0 Å². The van der Waals surface area contributed by atoms with E-state index in [9.17, 15) is 13.2 Å². The molecule has 0 aliphatic rings. The first-order valence-electron chi connectivity index (χ1n) is 5.02. The molecule has 0 aliphatic carbocycles. The quantitative estimate of drug-likeness (QED) is 0.717. The molecular formula is C10H12Br2F3NS. The van der Waals surface area contributed by atoms with E-state index >= 15 is 0 Å². The van der Waals surface area contributed by atoms with Gasteiger partial charge in [0.2, 0.25) is 0 Å². The van der Waals surface area contributed by atoms with Gasteiger partial charge in [-0.2, -0.15) is 13.2 Å². The minimum atomic E-state index is -4.06. The van der Waals surface area contributed by atoms with Crippen LogP contribution in [0.4, 0.5) is 13.2 Å². The summed E-state index contributed by atoms with van der Waals surface area (Å²) >= 11 is 8.30. The van der Waals surface area contributed by atoms with Crippen LogP contribution in [0.2, 0.25) is 0 Å². The first kappa shape index (κ1) is 15.5. The lowest BCUT2D eigenvalue weighted by Crippen LogP contribution is -2.17. The first-order valence-corrected chi connectivity index (χ1v) is 7.42. The summed E-state index contributed by atoms with van der Waals surface area (Å²) in [6.07, 6.45) is -4.19. The van der Waals surface area contributed by atoms with Gasteiger partial charge in [-0.05, 0) is 63.4 Å². The van der Waals surface area contributed by atoms with Crippen LogP contribution in [0.1, 0.15) is 30.9 Å². The number of alkyl halides is 3. The molecule has 0 spiro atoms. The second-order valence-electron chi connectivity index (χ2n) is 3.63. The van der Waals surface area contributed by atoms with Crippen LogP contribution in [-0.4, -0.2) is 13.2 Å². The van der Waals surface area contributed by atoms with Gasteiger partial charge in [0.1, 0.15) is 0 Å². The molecule has 0 amide bonds. The third kappa shape index (κ3) is 5.28. The van der Waals surface area contributed by atoms with Crippen molar-refractivity contribution in [2.24, 2.45) is 0 Å². The van der Waals surface area contributed by atoms with Crippen LogP contribution in [0.25, 0.3) is 0 Å². The van der Waals surface area contributed by atoms with Crippen molar-refractivity contribution in [2.45, 2.75) is 31.5 Å². The second-order valence-corrected chi connectivity index (χ2v) is 7.38. The molecule has 1 nitrogen and oxygen atoms in total. The summed E-state index contributed by atoms with van der Waals surface area (Å²) in [5.74, 6) is 0. The van der Waals surface area contributed by atoms with E-state index in [1.807, 2.05) is 6.07 Å². The number of hydrogen-bond acceptors (Lipinski definition) is 2. The maximum atomic E-state index is 12.1. The third-order valence-electron chi connectivity index (χ3n) is 2.36. The van der Waals surface area contributed by atoms with E-state index in [1.165, 1.54) is 11.3 Å². The topological polar surface area (TPSA) is 12.0 Å². The summed E-state index contributed by atoms with van der Waals surface area (Å²) in [5.41, 5.74) is 1.01. The average molecular weight is 395 g/mol. The Bertz CT molecular complexity index is 365. The number of halogens is 5. The van der Waals surface area contributed by atoms with Gasteiger partial charge in [0.25, 0.3) is 0 Å². The van der Waals surface area contributed by atoms with Crippen LogP contribution in [0.5, 0.6) is 0 Å². The summed E-state index contributed by atoms with van der Waals surface area (Å²) in [7, 11) is 1.76. The van der Waals surface area contributed by atoms with Crippen molar-refractivity contribution in [2.75, 3.05) is 7.05 Å². The monoisotopic (exact) mass is 393 g/mol. The van der Waals surface area contributed by atoms with Gasteiger partial charge in [0, 0.05) is 12.5 Å². The molecule has 0 saturated carbocycles. The Kier molecular flexibility index (Phi) is 5.95. The van der Waals surface area contributed by atoms with Gasteiger partial charge in [0.15, 0.2) is 0 Å². The Morgan fingerprint density at radius 3 is 2.47 bits per heavy atom. The zero-order valence-corrected chi connectivity index (χ0v) is 13.1. The standard InChI is InChI=1S/C10H12Br2F3NS/c1-16-7(3-2-4-10(13,14)15)6-5-8(11)17-9(6)12/h5,7,16H,2-4H2,1H3. The van der Waals surface area contributed by atoms with E-state index in [0.29, 0.717) is 6.42 Å². The van der Waals surface area contributed by atoms with E-state index in [1.54, 1.807) is 7.05 Å². The summed E-state index contributed by atoms with van der Waals surface area (Å²) < 4.78 is 38.1. The van der Waals surface area contributed by atoms with Crippen LogP contribution in [0.3, 0.4) is 0 Å². The molecule has 0 aliphatic heterocycles. The van der Waals surface area contributed by atoms with Gasteiger partial charge >= 0.3 is 6.18 Å². The van der Waals surface area contributed by atoms with Gasteiger partial charge in [-0.1, -0.05) is 0 Å². The fraction of sp³-hybridized carbons (Fsp3) is 0.600. The maximum absolute atomic E-state index is 12.1. The molecule has 0 bridgehead atoms. The Balaban J connectivity index is 2.57. The Labute approximate surface area is 119 Å². The van der Waals surface area contributed by atoms with Crippen molar-refractivity contribution in [1.29, 1.82) is 0 Å². The predicted molar refractivity (Wildman–Crippen MR) is 71.4 cm³/mol. The molecule has 7 heteroatoms. The molecule has 0 radical (unpaired) electrons. The molecule has 17 heavy (non-hydrogen) atoms. The molecule has 1 aromatic heterocycles. The zero-order valence-electron chi connectivity index (χ0n) is 9.07. The van der Waals surface area contributed by atoms with Gasteiger partial charge in [-0.15, -0.1) is 11.3 Å². The minimum absolute atomic E-state index is 0.0470. The van der Waals surface area contributed by atoms with E-state index < -0.39 is 12.6 Å². The third-order valence-corrected chi connectivity index (χ3v) is 4.75. The van der Waals surface area contributed by atoms with Crippen molar-refractivity contribution in [3.8, 4) is 0 Å². The molecule has 0 fully saturated rings. The highest BCUT2D eigenvalue weighted by molar-refractivity contribution is 9.12. The van der Waals surface area contributed by atoms with Crippen molar-refractivity contribution >= 4 is 43.2 Å². The SMILES string of the molecule is CNC(CCCC(F)(F)F)c1cc(Br)sc1Br. The Hall–Kier alpha value is 0.410. The molecule has 1 N–H and O–H groups in total. The fourth-order valence-electron chi connectivity index (χ4n) is 1.55. The average Bonchev–Trinajstić information content (AvgIpc) is 2.51. The number of rotatable bonds is 5. The van der Waals surface area contributed by atoms with Crippen LogP contribution < -0.4 is 5.32 Å². The molecule has 0 saturated heterocycles. The van der Waals surface area contributed by atoms with E-state index in [-0.39, 0.29) is 12.5 Å². The highest BCUT2D eigenvalue weighted by Gasteiger charge is 2.27. The van der Waals surface area contributed by atoms with Crippen LogP contribution in [0, 0.1) is 0 Å². The molecule has 1 aromatic rings. The summed E-state index contributed by atoms with van der Waals surface area (Å²) in [6.45, 7) is 0. The fourth-order valence-corrected chi connectivity index (χ4v) is 4.53. The van der Waals surface area contributed by atoms with Crippen LogP contribution in [0.15, 0.2) is 13.6 Å². The van der Waals surface area contributed by atoms with Crippen molar-refractivity contribution in [3.05, 3.63) is 19.2 Å². The number of hydrogen-bond donors (Lipinski definition) is 1. The molecule has 1 heterocycles. The number of thiophene rings is 1. The largest absolute Gasteiger partial charge is 0.389 e. The van der Waals surface area contributed by atoms with E-state index in [0.717, 1.165) is 13.1 Å². The predicted octanol–water partition coefficient (Wildman–Crippen LogP) is 5.27. The number of nitrogens with one attached hydrogen (secondary N) is 1. The lowest BCUT2D eigenvalue weighted by molar-refractivity contribution is -0.135. The zero-order chi connectivity index (χ0) is 13.1. The van der Waals surface area contributed by atoms with Crippen molar-refractivity contribution in [1.82, 2.24) is 5.32 Å². The van der Waals surface area contributed by atoms with E-state index in [4.69, 9.17) is 0 Å². The molecule has 1 atom stereocenters. The maximum Gasteiger partial charge on any atom is 0.389 e. The molecule has 1 unspecified atom stereocenters. The highest BCUT2D eigenvalue weighted by atomic mass is 79.9. The summed E-state index contributed by atoms with van der Waals surface area (Å²) in [4.78, 5) is 0. The van der Waals surface area contributed by atoms with Gasteiger partial charge < -0.3 is 5.32 Å². The Morgan fingerprint density at radius 2 is 2.06 bits per heavy atom. The minimum Gasteiger partial charge on any atom is -0.313 e. The lowest BCUT2D eigenvalue weighted by Gasteiger charge is -2.16. The molecule has 1 rings (SSSR count). The summed E-state index contributed by atoms with van der Waals surface area (Å²) in [5, 5.41) is 3.05. The van der Waals surface area contributed by atoms with Crippen molar-refractivity contribution in [3.63, 3.8) is 0 Å². The van der Waals surface area contributed by atoms with Crippen LogP contribution >= 0.6 is 43.2 Å². The van der Waals surface area contributed by atoms with Crippen molar-refractivity contribution < 1.29 is 13.2 Å². The highest BCUT2D eigenvalue weighted by Crippen LogP contribution is 2.37. The lowest BCUT2D eigenvalue weighted by atomic mass is 10.0. The van der Waals surface area contributed by atoms with Gasteiger partial charge in [0.05, 0.1) is 7.57 Å². The van der Waals surface area contributed by atoms with Gasteiger partial charge in [-0.3, -0.25) is 0 Å². The first-order chi connectivity index (χ1) is 7.83. The normalized spacial score (nSPS) is 14.0. The molecular weight excluding hydrogens is 383 g/mol. The summed E-state index contributed by atoms with van der Waals surface area (Å²) in [6, 6.07) is 1.89.